The largest absolute Gasteiger partial charge is 0.333 e. The molecule has 0 radical (unpaired) electrons. The van der Waals surface area contributed by atoms with Crippen molar-refractivity contribution >= 4 is 28.7 Å². The molecular formula is C18H20N4O2S. The van der Waals surface area contributed by atoms with Crippen molar-refractivity contribution in [2.24, 2.45) is 0 Å². The SMILES string of the molecule is Cc1noc(-c2sccc2NC(=O)Nc2ccc(C(C)(C)C)cc2)n1. The number of nitrogens with one attached hydrogen (secondary N) is 2. The van der Waals surface area contributed by atoms with E-state index in [4.69, 9.17) is 4.52 Å². The molecule has 2 amide bonds. The van der Waals surface area contributed by atoms with Gasteiger partial charge >= 0.3 is 6.03 Å². The number of nitrogens with zero attached hydrogens (tertiary/aromatic N) is 2. The van der Waals surface area contributed by atoms with Crippen molar-refractivity contribution in [1.29, 1.82) is 0 Å². The van der Waals surface area contributed by atoms with E-state index in [9.17, 15) is 4.79 Å². The van der Waals surface area contributed by atoms with Gasteiger partial charge in [0.05, 0.1) is 5.69 Å². The normalized spacial score (nSPS) is 11.4. The Labute approximate surface area is 150 Å². The molecule has 6 nitrogen and oxygen atoms in total. The van der Waals surface area contributed by atoms with Crippen LogP contribution in [0.15, 0.2) is 40.2 Å². The van der Waals surface area contributed by atoms with Gasteiger partial charge in [-0.25, -0.2) is 4.79 Å². The summed E-state index contributed by atoms with van der Waals surface area (Å²) in [6.07, 6.45) is 0. The lowest BCUT2D eigenvalue weighted by atomic mass is 9.87. The van der Waals surface area contributed by atoms with Gasteiger partial charge < -0.3 is 15.2 Å². The minimum atomic E-state index is -0.320. The second-order valence-corrected chi connectivity index (χ2v) is 7.63. The predicted molar refractivity (Wildman–Crippen MR) is 100 cm³/mol. The maximum atomic E-state index is 12.3. The minimum absolute atomic E-state index is 0.0780. The maximum Gasteiger partial charge on any atom is 0.323 e. The number of benzene rings is 1. The Bertz CT molecular complexity index is 875. The van der Waals surface area contributed by atoms with Crippen LogP contribution < -0.4 is 10.6 Å². The number of aromatic nitrogens is 2. The summed E-state index contributed by atoms with van der Waals surface area (Å²) in [5.41, 5.74) is 2.66. The highest BCUT2D eigenvalue weighted by Crippen LogP contribution is 2.32. The van der Waals surface area contributed by atoms with Crippen LogP contribution in [0.25, 0.3) is 10.8 Å². The fourth-order valence-corrected chi connectivity index (χ4v) is 3.07. The number of urea groups is 1. The lowest BCUT2D eigenvalue weighted by molar-refractivity contribution is 0.262. The molecule has 7 heteroatoms. The van der Waals surface area contributed by atoms with Gasteiger partial charge in [-0.05, 0) is 41.5 Å². The lowest BCUT2D eigenvalue weighted by Gasteiger charge is -2.19. The van der Waals surface area contributed by atoms with Crippen molar-refractivity contribution in [1.82, 2.24) is 10.1 Å². The molecule has 0 aliphatic rings. The summed E-state index contributed by atoms with van der Waals surface area (Å²) in [7, 11) is 0. The van der Waals surface area contributed by atoms with Crippen molar-refractivity contribution in [2.45, 2.75) is 33.1 Å². The zero-order valence-corrected chi connectivity index (χ0v) is 15.4. The molecule has 1 aromatic carbocycles. The predicted octanol–water partition coefficient (Wildman–Crippen LogP) is 5.05. The number of rotatable bonds is 3. The number of thiophene rings is 1. The van der Waals surface area contributed by atoms with Gasteiger partial charge in [0, 0.05) is 5.69 Å². The van der Waals surface area contributed by atoms with Gasteiger partial charge in [-0.15, -0.1) is 11.3 Å². The summed E-state index contributed by atoms with van der Waals surface area (Å²) < 4.78 is 5.17. The van der Waals surface area contributed by atoms with E-state index < -0.39 is 0 Å². The van der Waals surface area contributed by atoms with E-state index in [0.29, 0.717) is 17.4 Å². The Morgan fingerprint density at radius 3 is 2.44 bits per heavy atom. The van der Waals surface area contributed by atoms with Gasteiger partial charge in [-0.2, -0.15) is 4.98 Å². The summed E-state index contributed by atoms with van der Waals surface area (Å²) in [6.45, 7) is 8.21. The fourth-order valence-electron chi connectivity index (χ4n) is 2.30. The molecule has 2 heterocycles. The number of hydrogen-bond acceptors (Lipinski definition) is 5. The van der Waals surface area contributed by atoms with Crippen LogP contribution in [0.5, 0.6) is 0 Å². The Morgan fingerprint density at radius 2 is 1.84 bits per heavy atom. The molecule has 0 atom stereocenters. The highest BCUT2D eigenvalue weighted by atomic mass is 32.1. The van der Waals surface area contributed by atoms with Gasteiger partial charge in [-0.1, -0.05) is 38.1 Å². The van der Waals surface area contributed by atoms with Crippen LogP contribution in [0.1, 0.15) is 32.2 Å². The van der Waals surface area contributed by atoms with Crippen LogP contribution >= 0.6 is 11.3 Å². The third-order valence-corrected chi connectivity index (χ3v) is 4.55. The van der Waals surface area contributed by atoms with E-state index in [1.54, 1.807) is 6.92 Å². The van der Waals surface area contributed by atoms with Crippen molar-refractivity contribution in [3.63, 3.8) is 0 Å². The minimum Gasteiger partial charge on any atom is -0.333 e. The summed E-state index contributed by atoms with van der Waals surface area (Å²) in [5, 5.41) is 11.3. The zero-order valence-electron chi connectivity index (χ0n) is 14.6. The van der Waals surface area contributed by atoms with Crippen LogP contribution in [0.2, 0.25) is 0 Å². The molecule has 2 N–H and O–H groups in total. The Balaban J connectivity index is 1.69. The third kappa shape index (κ3) is 4.06. The maximum absolute atomic E-state index is 12.3. The molecule has 0 saturated carbocycles. The number of hydrogen-bond donors (Lipinski definition) is 2. The highest BCUT2D eigenvalue weighted by Gasteiger charge is 2.16. The molecule has 0 saturated heterocycles. The fraction of sp³-hybridized carbons (Fsp3) is 0.278. The quantitative estimate of drug-likeness (QED) is 0.688. The van der Waals surface area contributed by atoms with Crippen LogP contribution in [0, 0.1) is 6.92 Å². The highest BCUT2D eigenvalue weighted by molar-refractivity contribution is 7.14. The van der Waals surface area contributed by atoms with Crippen molar-refractivity contribution in [3.05, 3.63) is 47.1 Å². The van der Waals surface area contributed by atoms with Crippen LogP contribution in [0.3, 0.4) is 0 Å². The topological polar surface area (TPSA) is 80.0 Å². The Kier molecular flexibility index (Phi) is 4.59. The standard InChI is InChI=1S/C18H20N4O2S/c1-11-19-16(24-22-11)15-14(9-10-25-15)21-17(23)20-13-7-5-12(6-8-13)18(2,3)4/h5-10H,1-4H3,(H2,20,21,23). The van der Waals surface area contributed by atoms with Crippen LogP contribution in [-0.4, -0.2) is 16.2 Å². The molecule has 0 spiro atoms. The van der Waals surface area contributed by atoms with Crippen LogP contribution in [0.4, 0.5) is 16.2 Å². The lowest BCUT2D eigenvalue weighted by Crippen LogP contribution is -2.19. The third-order valence-electron chi connectivity index (χ3n) is 3.64. The van der Waals surface area contributed by atoms with Gasteiger partial charge in [0.2, 0.25) is 0 Å². The molecule has 0 aliphatic heterocycles. The van der Waals surface area contributed by atoms with E-state index >= 15 is 0 Å². The number of carbonyl (C=O) groups is 1. The summed E-state index contributed by atoms with van der Waals surface area (Å²) in [4.78, 5) is 17.2. The van der Waals surface area contributed by atoms with E-state index in [1.807, 2.05) is 35.7 Å². The summed E-state index contributed by atoms with van der Waals surface area (Å²) >= 11 is 1.43. The first-order valence-electron chi connectivity index (χ1n) is 7.89. The first-order chi connectivity index (χ1) is 11.8. The number of amides is 2. The van der Waals surface area contributed by atoms with Crippen molar-refractivity contribution in [3.8, 4) is 10.8 Å². The van der Waals surface area contributed by atoms with Gasteiger partial charge in [0.1, 0.15) is 4.88 Å². The second kappa shape index (κ2) is 6.68. The molecule has 130 valence electrons. The van der Waals surface area contributed by atoms with E-state index in [0.717, 1.165) is 10.6 Å². The summed E-state index contributed by atoms with van der Waals surface area (Å²) in [6, 6.07) is 9.33. The van der Waals surface area contributed by atoms with Crippen LogP contribution in [-0.2, 0) is 5.41 Å². The number of anilines is 2. The molecule has 3 aromatic rings. The van der Waals surface area contributed by atoms with E-state index in [-0.39, 0.29) is 11.4 Å². The number of aryl methyl sites for hydroxylation is 1. The smallest absolute Gasteiger partial charge is 0.323 e. The molecule has 0 unspecified atom stereocenters. The molecule has 0 bridgehead atoms. The first-order valence-corrected chi connectivity index (χ1v) is 8.77. The zero-order chi connectivity index (χ0) is 18.0. The number of carbonyl (C=O) groups excluding carboxylic acids is 1. The van der Waals surface area contributed by atoms with Crippen molar-refractivity contribution < 1.29 is 9.32 Å². The Hall–Kier alpha value is -2.67. The molecular weight excluding hydrogens is 336 g/mol. The van der Waals surface area contributed by atoms with Gasteiger partial charge in [-0.3, -0.25) is 0 Å². The monoisotopic (exact) mass is 356 g/mol. The molecule has 2 aromatic heterocycles. The average Bonchev–Trinajstić information content (AvgIpc) is 3.15. The first kappa shape index (κ1) is 17.2. The molecule has 3 rings (SSSR count). The van der Waals surface area contributed by atoms with E-state index in [1.165, 1.54) is 16.9 Å². The average molecular weight is 356 g/mol. The van der Waals surface area contributed by atoms with E-state index in [2.05, 4.69) is 41.5 Å². The van der Waals surface area contributed by atoms with Crippen molar-refractivity contribution in [2.75, 3.05) is 10.6 Å². The molecule has 0 aliphatic carbocycles. The molecule has 25 heavy (non-hydrogen) atoms. The Morgan fingerprint density at radius 1 is 1.12 bits per heavy atom. The molecule has 0 fully saturated rings. The van der Waals surface area contributed by atoms with Gasteiger partial charge in [0.15, 0.2) is 5.82 Å². The van der Waals surface area contributed by atoms with Gasteiger partial charge in [0.25, 0.3) is 5.89 Å². The summed E-state index contributed by atoms with van der Waals surface area (Å²) in [5.74, 6) is 0.954. The second-order valence-electron chi connectivity index (χ2n) is 6.72.